The number of aryl methyl sites for hydroxylation is 1. The zero-order chi connectivity index (χ0) is 10.9. The Kier molecular flexibility index (Phi) is 2.75. The molecule has 4 nitrogen and oxygen atoms in total. The quantitative estimate of drug-likeness (QED) is 0.808. The molecule has 0 bridgehead atoms. The van der Waals surface area contributed by atoms with E-state index in [1.165, 1.54) is 17.8 Å². The molecular formula is C10H15N3OS. The van der Waals surface area contributed by atoms with Crippen LogP contribution in [-0.4, -0.2) is 23.0 Å². The first-order chi connectivity index (χ1) is 7.11. The van der Waals surface area contributed by atoms with Crippen molar-refractivity contribution in [2.75, 3.05) is 6.54 Å². The number of carbonyl (C=O) groups is 1. The molecule has 5 heteroatoms. The van der Waals surface area contributed by atoms with E-state index in [1.807, 2.05) is 6.92 Å². The summed E-state index contributed by atoms with van der Waals surface area (Å²) in [5, 5.41) is 2.87. The van der Waals surface area contributed by atoms with E-state index in [0.717, 1.165) is 18.5 Å². The summed E-state index contributed by atoms with van der Waals surface area (Å²) in [7, 11) is 0. The third-order valence-electron chi connectivity index (χ3n) is 2.90. The Morgan fingerprint density at radius 3 is 2.93 bits per heavy atom. The summed E-state index contributed by atoms with van der Waals surface area (Å²) in [6, 6.07) is 0. The van der Waals surface area contributed by atoms with Crippen molar-refractivity contribution in [3.05, 3.63) is 16.1 Å². The number of nitrogens with one attached hydrogen (secondary N) is 1. The Balaban J connectivity index is 1.90. The molecule has 0 aromatic carbocycles. The molecule has 3 N–H and O–H groups in total. The average Bonchev–Trinajstić information content (AvgIpc) is 2.58. The van der Waals surface area contributed by atoms with Crippen molar-refractivity contribution in [2.45, 2.75) is 31.7 Å². The minimum Gasteiger partial charge on any atom is -0.349 e. The summed E-state index contributed by atoms with van der Waals surface area (Å²) < 4.78 is 0. The molecule has 1 saturated carbocycles. The molecule has 1 aromatic rings. The molecule has 82 valence electrons. The SMILES string of the molecule is Cc1ncsc1C(=O)NCC1(N)CCC1. The fourth-order valence-corrected chi connectivity index (χ4v) is 2.38. The van der Waals surface area contributed by atoms with Gasteiger partial charge in [0.25, 0.3) is 5.91 Å². The number of rotatable bonds is 3. The van der Waals surface area contributed by atoms with E-state index < -0.39 is 0 Å². The number of thiazole rings is 1. The Bertz CT molecular complexity index is 370. The van der Waals surface area contributed by atoms with Gasteiger partial charge in [0.05, 0.1) is 11.2 Å². The molecule has 0 saturated heterocycles. The third kappa shape index (κ3) is 2.18. The standard InChI is InChI=1S/C10H15N3OS/c1-7-8(15-6-13-7)9(14)12-5-10(11)3-2-4-10/h6H,2-5,11H2,1H3,(H,12,14). The number of nitrogens with zero attached hydrogens (tertiary/aromatic N) is 1. The molecule has 0 unspecified atom stereocenters. The van der Waals surface area contributed by atoms with Crippen molar-refractivity contribution in [3.63, 3.8) is 0 Å². The van der Waals surface area contributed by atoms with E-state index in [0.29, 0.717) is 11.4 Å². The van der Waals surface area contributed by atoms with Crippen LogP contribution >= 0.6 is 11.3 Å². The number of aromatic nitrogens is 1. The fraction of sp³-hybridized carbons (Fsp3) is 0.600. The lowest BCUT2D eigenvalue weighted by Gasteiger charge is -2.38. The first-order valence-corrected chi connectivity index (χ1v) is 5.96. The van der Waals surface area contributed by atoms with Gasteiger partial charge in [0.15, 0.2) is 0 Å². The van der Waals surface area contributed by atoms with Crippen LogP contribution in [0.4, 0.5) is 0 Å². The van der Waals surface area contributed by atoms with Gasteiger partial charge in [-0.1, -0.05) is 0 Å². The van der Waals surface area contributed by atoms with Gasteiger partial charge in [0.2, 0.25) is 0 Å². The largest absolute Gasteiger partial charge is 0.349 e. The minimum absolute atomic E-state index is 0.0493. The number of hydrogen-bond donors (Lipinski definition) is 2. The van der Waals surface area contributed by atoms with Crippen LogP contribution in [0.1, 0.15) is 34.6 Å². The number of amides is 1. The van der Waals surface area contributed by atoms with Gasteiger partial charge in [0, 0.05) is 12.1 Å². The van der Waals surface area contributed by atoms with Crippen LogP contribution in [0.2, 0.25) is 0 Å². The topological polar surface area (TPSA) is 68.0 Å². The molecule has 0 spiro atoms. The minimum atomic E-state index is -0.158. The first-order valence-electron chi connectivity index (χ1n) is 5.08. The second-order valence-corrected chi connectivity index (χ2v) is 5.02. The van der Waals surface area contributed by atoms with Gasteiger partial charge >= 0.3 is 0 Å². The molecule has 1 aliphatic rings. The monoisotopic (exact) mass is 225 g/mol. The zero-order valence-electron chi connectivity index (χ0n) is 8.75. The zero-order valence-corrected chi connectivity index (χ0v) is 9.56. The molecule has 15 heavy (non-hydrogen) atoms. The summed E-state index contributed by atoms with van der Waals surface area (Å²) in [6.07, 6.45) is 3.19. The summed E-state index contributed by atoms with van der Waals surface area (Å²) >= 11 is 1.37. The summed E-state index contributed by atoms with van der Waals surface area (Å²) in [5.74, 6) is -0.0493. The van der Waals surface area contributed by atoms with E-state index in [-0.39, 0.29) is 11.4 Å². The van der Waals surface area contributed by atoms with E-state index in [1.54, 1.807) is 5.51 Å². The first kappa shape index (κ1) is 10.6. The van der Waals surface area contributed by atoms with Crippen LogP contribution in [0, 0.1) is 6.92 Å². The van der Waals surface area contributed by atoms with Crippen LogP contribution in [0.3, 0.4) is 0 Å². The van der Waals surface area contributed by atoms with E-state index in [9.17, 15) is 4.79 Å². The summed E-state index contributed by atoms with van der Waals surface area (Å²) in [4.78, 5) is 16.5. The van der Waals surface area contributed by atoms with Gasteiger partial charge in [-0.2, -0.15) is 0 Å². The highest BCUT2D eigenvalue weighted by Crippen LogP contribution is 2.28. The van der Waals surface area contributed by atoms with E-state index >= 15 is 0 Å². The maximum Gasteiger partial charge on any atom is 0.263 e. The molecule has 0 radical (unpaired) electrons. The lowest BCUT2D eigenvalue weighted by atomic mass is 9.78. The maximum absolute atomic E-state index is 11.7. The highest BCUT2D eigenvalue weighted by atomic mass is 32.1. The van der Waals surface area contributed by atoms with Crippen molar-refractivity contribution in [2.24, 2.45) is 5.73 Å². The maximum atomic E-state index is 11.7. The van der Waals surface area contributed by atoms with Gasteiger partial charge in [-0.05, 0) is 26.2 Å². The highest BCUT2D eigenvalue weighted by Gasteiger charge is 2.32. The van der Waals surface area contributed by atoms with Crippen molar-refractivity contribution in [1.82, 2.24) is 10.3 Å². The Hall–Kier alpha value is -0.940. The van der Waals surface area contributed by atoms with E-state index in [4.69, 9.17) is 5.73 Å². The molecule has 1 heterocycles. The highest BCUT2D eigenvalue weighted by molar-refractivity contribution is 7.11. The number of nitrogens with two attached hydrogens (primary N) is 1. The van der Waals surface area contributed by atoms with Crippen LogP contribution < -0.4 is 11.1 Å². The van der Waals surface area contributed by atoms with Crippen molar-refractivity contribution in [3.8, 4) is 0 Å². The van der Waals surface area contributed by atoms with Crippen LogP contribution in [-0.2, 0) is 0 Å². The molecule has 0 aliphatic heterocycles. The van der Waals surface area contributed by atoms with Crippen molar-refractivity contribution in [1.29, 1.82) is 0 Å². The van der Waals surface area contributed by atoms with Crippen LogP contribution in [0.25, 0.3) is 0 Å². The predicted octanol–water partition coefficient (Wildman–Crippen LogP) is 1.06. The average molecular weight is 225 g/mol. The summed E-state index contributed by atoms with van der Waals surface area (Å²) in [5.41, 5.74) is 8.33. The van der Waals surface area contributed by atoms with Crippen LogP contribution in [0.5, 0.6) is 0 Å². The predicted molar refractivity (Wildman–Crippen MR) is 60.0 cm³/mol. The van der Waals surface area contributed by atoms with Gasteiger partial charge < -0.3 is 11.1 Å². The lowest BCUT2D eigenvalue weighted by molar-refractivity contribution is 0.0933. The molecule has 2 rings (SSSR count). The lowest BCUT2D eigenvalue weighted by Crippen LogP contribution is -2.54. The summed E-state index contributed by atoms with van der Waals surface area (Å²) in [6.45, 7) is 2.41. The van der Waals surface area contributed by atoms with Gasteiger partial charge in [-0.25, -0.2) is 4.98 Å². The van der Waals surface area contributed by atoms with Crippen molar-refractivity contribution < 1.29 is 4.79 Å². The van der Waals surface area contributed by atoms with Crippen LogP contribution in [0.15, 0.2) is 5.51 Å². The Labute approximate surface area is 92.9 Å². The molecule has 0 atom stereocenters. The normalized spacial score (nSPS) is 18.3. The Morgan fingerprint density at radius 1 is 1.73 bits per heavy atom. The third-order valence-corrected chi connectivity index (χ3v) is 3.83. The molecule has 1 fully saturated rings. The second-order valence-electron chi connectivity index (χ2n) is 4.17. The van der Waals surface area contributed by atoms with Gasteiger partial charge in [-0.3, -0.25) is 4.79 Å². The van der Waals surface area contributed by atoms with Gasteiger partial charge in [-0.15, -0.1) is 11.3 Å². The molecule has 1 aromatic heterocycles. The fourth-order valence-electron chi connectivity index (χ4n) is 1.66. The molecule has 1 amide bonds. The van der Waals surface area contributed by atoms with Crippen molar-refractivity contribution >= 4 is 17.2 Å². The Morgan fingerprint density at radius 2 is 2.47 bits per heavy atom. The smallest absolute Gasteiger partial charge is 0.263 e. The van der Waals surface area contributed by atoms with E-state index in [2.05, 4.69) is 10.3 Å². The number of hydrogen-bond acceptors (Lipinski definition) is 4. The molecule has 1 aliphatic carbocycles. The molecular weight excluding hydrogens is 210 g/mol. The number of carbonyl (C=O) groups excluding carboxylic acids is 1. The van der Waals surface area contributed by atoms with Gasteiger partial charge in [0.1, 0.15) is 4.88 Å². The second kappa shape index (κ2) is 3.90.